The molecule has 1 heterocycles. The van der Waals surface area contributed by atoms with E-state index in [0.29, 0.717) is 25.5 Å². The number of hydrogen-bond acceptors (Lipinski definition) is 7. The van der Waals surface area contributed by atoms with Crippen molar-refractivity contribution in [1.29, 1.82) is 0 Å². The third-order valence-electron chi connectivity index (χ3n) is 6.79. The number of carbonyl (C=O) groups is 1. The van der Waals surface area contributed by atoms with Gasteiger partial charge in [0, 0.05) is 17.9 Å². The Balaban J connectivity index is 1.43. The van der Waals surface area contributed by atoms with Crippen LogP contribution in [0.2, 0.25) is 0 Å². The molecule has 1 aromatic heterocycles. The first-order valence-corrected chi connectivity index (χ1v) is 15.5. The average Bonchev–Trinajstić information content (AvgIpc) is 3.12. The maximum atomic E-state index is 11.8. The van der Waals surface area contributed by atoms with Crippen LogP contribution in [0.4, 0.5) is 0 Å². The van der Waals surface area contributed by atoms with E-state index in [0.717, 1.165) is 53.0 Å². The van der Waals surface area contributed by atoms with Gasteiger partial charge in [0.25, 0.3) is 0 Å². The third kappa shape index (κ3) is 8.09. The fraction of sp³-hybridized carbons (Fsp3) is 0.375. The first kappa shape index (κ1) is 29.2. The number of esters is 1. The Morgan fingerprint density at radius 3 is 2.55 bits per heavy atom. The Bertz CT molecular complexity index is 1500. The monoisotopic (exact) mass is 561 g/mol. The van der Waals surface area contributed by atoms with Crippen LogP contribution in [0.3, 0.4) is 0 Å². The van der Waals surface area contributed by atoms with E-state index in [1.165, 1.54) is 18.9 Å². The number of aromatic nitrogens is 1. The fourth-order valence-corrected chi connectivity index (χ4v) is 5.41. The van der Waals surface area contributed by atoms with Gasteiger partial charge in [0.2, 0.25) is 5.88 Å². The Kier molecular flexibility index (Phi) is 9.84. The largest absolute Gasteiger partial charge is 0.489 e. The van der Waals surface area contributed by atoms with Crippen LogP contribution in [0.5, 0.6) is 11.6 Å². The van der Waals surface area contributed by atoms with E-state index in [1.807, 2.05) is 36.4 Å². The highest BCUT2D eigenvalue weighted by atomic mass is 32.2. The lowest BCUT2D eigenvalue weighted by Gasteiger charge is -2.14. The van der Waals surface area contributed by atoms with Gasteiger partial charge in [-0.15, -0.1) is 5.92 Å². The molecule has 7 nitrogen and oxygen atoms in total. The Hall–Kier alpha value is -3.83. The highest BCUT2D eigenvalue weighted by Gasteiger charge is 2.18. The molecule has 1 aliphatic rings. The van der Waals surface area contributed by atoms with Crippen molar-refractivity contribution in [3.05, 3.63) is 77.0 Å². The van der Waals surface area contributed by atoms with E-state index in [1.54, 1.807) is 6.92 Å². The second-order valence-corrected chi connectivity index (χ2v) is 12.2. The molecule has 1 atom stereocenters. The van der Waals surface area contributed by atoms with E-state index < -0.39 is 9.84 Å². The summed E-state index contributed by atoms with van der Waals surface area (Å²) >= 11 is 0. The molecule has 0 saturated carbocycles. The summed E-state index contributed by atoms with van der Waals surface area (Å²) in [4.78, 5) is 16.5. The Labute approximate surface area is 236 Å². The minimum atomic E-state index is -3.00. The zero-order valence-corrected chi connectivity index (χ0v) is 24.1. The predicted octanol–water partition coefficient (Wildman–Crippen LogP) is 5.30. The van der Waals surface area contributed by atoms with Gasteiger partial charge in [0.1, 0.15) is 22.2 Å². The molecule has 0 radical (unpaired) electrons. The molecular weight excluding hydrogens is 526 g/mol. The molecule has 3 aromatic rings. The minimum absolute atomic E-state index is 0.101. The summed E-state index contributed by atoms with van der Waals surface area (Å²) in [6, 6.07) is 18.0. The topological polar surface area (TPSA) is 91.8 Å². The highest BCUT2D eigenvalue weighted by Crippen LogP contribution is 2.34. The van der Waals surface area contributed by atoms with Crippen molar-refractivity contribution in [3.63, 3.8) is 0 Å². The summed E-state index contributed by atoms with van der Waals surface area (Å²) in [5.41, 5.74) is 6.52. The molecule has 0 saturated heterocycles. The van der Waals surface area contributed by atoms with Crippen molar-refractivity contribution >= 4 is 15.8 Å². The van der Waals surface area contributed by atoms with Gasteiger partial charge in [-0.05, 0) is 79.1 Å². The molecule has 0 fully saturated rings. The quantitative estimate of drug-likeness (QED) is 0.178. The SMILES string of the molecule is CC#C[C@@H](CC(=O)OC)c1ccc(OCc2ccc3c(c2)-c2ccc(OCCCS(C)(=O)=O)nc2CCC3)cc1. The van der Waals surface area contributed by atoms with Gasteiger partial charge >= 0.3 is 5.97 Å². The normalized spacial score (nSPS) is 13.1. The molecule has 0 amide bonds. The predicted molar refractivity (Wildman–Crippen MR) is 155 cm³/mol. The van der Waals surface area contributed by atoms with Gasteiger partial charge in [-0.25, -0.2) is 13.4 Å². The number of pyridine rings is 1. The van der Waals surface area contributed by atoms with Crippen LogP contribution in [0.15, 0.2) is 54.6 Å². The van der Waals surface area contributed by atoms with Gasteiger partial charge in [-0.3, -0.25) is 4.79 Å². The molecule has 0 bridgehead atoms. The van der Waals surface area contributed by atoms with Crippen molar-refractivity contribution in [2.24, 2.45) is 0 Å². The number of methoxy groups -OCH3 is 1. The lowest BCUT2D eigenvalue weighted by atomic mass is 9.96. The van der Waals surface area contributed by atoms with E-state index in [2.05, 4.69) is 30.0 Å². The van der Waals surface area contributed by atoms with Crippen LogP contribution < -0.4 is 9.47 Å². The maximum Gasteiger partial charge on any atom is 0.307 e. The Morgan fingerprint density at radius 1 is 1.02 bits per heavy atom. The zero-order valence-electron chi connectivity index (χ0n) is 23.2. The third-order valence-corrected chi connectivity index (χ3v) is 7.82. The average molecular weight is 562 g/mol. The van der Waals surface area contributed by atoms with Crippen LogP contribution in [0.1, 0.15) is 54.5 Å². The van der Waals surface area contributed by atoms with Gasteiger partial charge in [0.05, 0.1) is 37.5 Å². The Morgan fingerprint density at radius 2 is 1.82 bits per heavy atom. The van der Waals surface area contributed by atoms with Gasteiger partial charge < -0.3 is 14.2 Å². The molecule has 0 N–H and O–H groups in total. The minimum Gasteiger partial charge on any atom is -0.489 e. The first-order chi connectivity index (χ1) is 19.3. The number of aryl methyl sites for hydroxylation is 2. The van der Waals surface area contributed by atoms with Crippen LogP contribution >= 0.6 is 0 Å². The number of rotatable bonds is 11. The van der Waals surface area contributed by atoms with Crippen LogP contribution in [-0.4, -0.2) is 45.1 Å². The van der Waals surface area contributed by atoms with Crippen molar-refractivity contribution < 1.29 is 27.4 Å². The van der Waals surface area contributed by atoms with Crippen molar-refractivity contribution in [2.75, 3.05) is 25.7 Å². The maximum absolute atomic E-state index is 11.8. The van der Waals surface area contributed by atoms with Gasteiger partial charge in [-0.2, -0.15) is 0 Å². The van der Waals surface area contributed by atoms with Crippen molar-refractivity contribution in [1.82, 2.24) is 4.98 Å². The lowest BCUT2D eigenvalue weighted by Crippen LogP contribution is -2.09. The van der Waals surface area contributed by atoms with E-state index >= 15 is 0 Å². The number of nitrogens with zero attached hydrogens (tertiary/aromatic N) is 1. The molecular formula is C32H35NO6S. The summed E-state index contributed by atoms with van der Waals surface area (Å²) in [6.07, 6.45) is 4.68. The summed E-state index contributed by atoms with van der Waals surface area (Å²) < 4.78 is 39.3. The molecule has 4 rings (SSSR count). The zero-order chi connectivity index (χ0) is 28.5. The summed E-state index contributed by atoms with van der Waals surface area (Å²) in [5.74, 6) is 6.82. The molecule has 8 heteroatoms. The summed E-state index contributed by atoms with van der Waals surface area (Å²) in [7, 11) is -1.62. The standard InChI is InChI=1S/C32H35NO6S/c1-4-7-26(21-32(34)37-2)24-12-14-27(15-13-24)39-22-23-10-11-25-8-5-9-30-28(29(25)20-23)16-17-31(33-30)38-18-6-19-40(3,35)36/h10-17,20,26H,5-6,8-9,18-19,21-22H2,1-3H3/t26-/m0/s1. The molecule has 0 spiro atoms. The number of ether oxygens (including phenoxy) is 3. The van der Waals surface area contributed by atoms with Crippen LogP contribution in [0.25, 0.3) is 11.1 Å². The fourth-order valence-electron chi connectivity index (χ4n) is 4.76. The molecule has 210 valence electrons. The summed E-state index contributed by atoms with van der Waals surface area (Å²) in [6.45, 7) is 2.49. The smallest absolute Gasteiger partial charge is 0.307 e. The van der Waals surface area contributed by atoms with Crippen LogP contribution in [0, 0.1) is 11.8 Å². The number of hydrogen-bond donors (Lipinski definition) is 0. The van der Waals surface area contributed by atoms with Crippen molar-refractivity contribution in [2.45, 2.75) is 51.6 Å². The van der Waals surface area contributed by atoms with Crippen molar-refractivity contribution in [3.8, 4) is 34.6 Å². The summed E-state index contributed by atoms with van der Waals surface area (Å²) in [5, 5.41) is 0. The lowest BCUT2D eigenvalue weighted by molar-refractivity contribution is -0.140. The number of carbonyl (C=O) groups excluding carboxylic acids is 1. The van der Waals surface area contributed by atoms with Gasteiger partial charge in [-0.1, -0.05) is 30.2 Å². The molecule has 2 aromatic carbocycles. The second kappa shape index (κ2) is 13.5. The highest BCUT2D eigenvalue weighted by molar-refractivity contribution is 7.90. The number of fused-ring (bicyclic) bond motifs is 3. The molecule has 1 aliphatic carbocycles. The van der Waals surface area contributed by atoms with E-state index in [-0.39, 0.29) is 24.1 Å². The number of sulfone groups is 1. The molecule has 0 aliphatic heterocycles. The molecule has 40 heavy (non-hydrogen) atoms. The first-order valence-electron chi connectivity index (χ1n) is 13.4. The van der Waals surface area contributed by atoms with E-state index in [4.69, 9.17) is 19.2 Å². The molecule has 0 unspecified atom stereocenters. The number of benzene rings is 2. The van der Waals surface area contributed by atoms with Crippen LogP contribution in [-0.2, 0) is 38.8 Å². The van der Waals surface area contributed by atoms with Gasteiger partial charge in [0.15, 0.2) is 0 Å². The second-order valence-electron chi connectivity index (χ2n) is 9.91. The van der Waals surface area contributed by atoms with E-state index in [9.17, 15) is 13.2 Å².